The first kappa shape index (κ1) is 20.0. The van der Waals surface area contributed by atoms with Crippen LogP contribution in [0.15, 0.2) is 42.6 Å². The summed E-state index contributed by atoms with van der Waals surface area (Å²) >= 11 is 2.30. The van der Waals surface area contributed by atoms with Crippen molar-refractivity contribution in [2.75, 3.05) is 31.7 Å². The van der Waals surface area contributed by atoms with Crippen molar-refractivity contribution in [1.29, 1.82) is 0 Å². The maximum absolute atomic E-state index is 12.1. The van der Waals surface area contributed by atoms with E-state index in [2.05, 4.69) is 61.4 Å². The monoisotopic (exact) mass is 504 g/mol. The van der Waals surface area contributed by atoms with Crippen molar-refractivity contribution in [3.63, 3.8) is 0 Å². The molecule has 8 heteroatoms. The van der Waals surface area contributed by atoms with Gasteiger partial charge < -0.3 is 9.64 Å². The second-order valence-corrected chi connectivity index (χ2v) is 8.25. The molecule has 1 N–H and O–H groups in total. The molecule has 0 aliphatic carbocycles. The lowest BCUT2D eigenvalue weighted by Gasteiger charge is -2.31. The van der Waals surface area contributed by atoms with Crippen molar-refractivity contribution in [3.8, 4) is 11.1 Å². The van der Waals surface area contributed by atoms with Crippen LogP contribution in [0.2, 0.25) is 0 Å². The van der Waals surface area contributed by atoms with E-state index in [0.29, 0.717) is 12.2 Å². The average Bonchev–Trinajstić information content (AvgIpc) is 2.73. The Morgan fingerprint density at radius 3 is 2.97 bits per heavy atom. The third-order valence-corrected chi connectivity index (χ3v) is 5.72. The third kappa shape index (κ3) is 4.19. The first-order chi connectivity index (χ1) is 14.1. The minimum atomic E-state index is -0.275. The summed E-state index contributed by atoms with van der Waals surface area (Å²) in [6, 6.07) is 11.8. The van der Waals surface area contributed by atoms with Crippen LogP contribution in [0.1, 0.15) is 15.9 Å². The number of morpholine rings is 1. The number of amides is 1. The van der Waals surface area contributed by atoms with Crippen molar-refractivity contribution in [2.24, 2.45) is 0 Å². The molecule has 1 aliphatic heterocycles. The number of fused-ring (bicyclic) bond motifs is 1. The van der Waals surface area contributed by atoms with Gasteiger partial charge in [0.25, 0.3) is 5.91 Å². The number of aromatic nitrogens is 2. The number of hydrogen-bond donors (Lipinski definition) is 1. The highest BCUT2D eigenvalue weighted by molar-refractivity contribution is 14.1. The molecule has 2 aromatic carbocycles. The maximum atomic E-state index is 12.1. The van der Waals surface area contributed by atoms with E-state index < -0.39 is 0 Å². The fourth-order valence-corrected chi connectivity index (χ4v) is 4.23. The minimum absolute atomic E-state index is 0.140. The van der Waals surface area contributed by atoms with Crippen molar-refractivity contribution < 1.29 is 14.4 Å². The molecule has 0 bridgehead atoms. The van der Waals surface area contributed by atoms with Gasteiger partial charge in [0.15, 0.2) is 5.82 Å². The number of alkyl halides is 1. The van der Waals surface area contributed by atoms with Gasteiger partial charge in [0, 0.05) is 22.9 Å². The molecule has 0 saturated carbocycles. The molecular formula is C21H21IN4O3. The smallest absolute Gasteiger partial charge is 0.274 e. The highest BCUT2D eigenvalue weighted by Gasteiger charge is 2.21. The summed E-state index contributed by atoms with van der Waals surface area (Å²) in [6.45, 7) is 4.29. The topological polar surface area (TPSA) is 76.6 Å². The summed E-state index contributed by atoms with van der Waals surface area (Å²) in [6.07, 6.45) is 1.78. The number of carbonyl (C=O) groups excluding carboxylic acids is 1. The molecule has 1 aliphatic rings. The normalized spacial score (nSPS) is 16.8. The molecule has 0 radical (unpaired) electrons. The molecule has 1 atom stereocenters. The zero-order chi connectivity index (χ0) is 20.4. The zero-order valence-electron chi connectivity index (χ0n) is 16.2. The molecule has 1 unspecified atom stereocenters. The van der Waals surface area contributed by atoms with E-state index in [-0.39, 0.29) is 10.0 Å². The maximum Gasteiger partial charge on any atom is 0.274 e. The lowest BCUT2D eigenvalue weighted by molar-refractivity contribution is 0.0537. The summed E-state index contributed by atoms with van der Waals surface area (Å²) in [5.41, 5.74) is 6.01. The number of hydrogen-bond acceptors (Lipinski definition) is 6. The number of carbonyl (C=O) groups is 1. The van der Waals surface area contributed by atoms with E-state index in [1.807, 2.05) is 19.1 Å². The standard InChI is InChI=1S/C21H21IN4O3/c1-13-3-4-15(21(27)25-28-2)10-18(13)14-5-6-17-16(9-14)11-23-24-20(17)26-7-8-29-19(22)12-26/h3-6,9-11,19H,7-8,12H2,1-2H3,(H,25,27). The van der Waals surface area contributed by atoms with Crippen molar-refractivity contribution in [2.45, 2.75) is 11.0 Å². The van der Waals surface area contributed by atoms with Gasteiger partial charge >= 0.3 is 0 Å². The number of rotatable bonds is 4. The number of aryl methyl sites for hydroxylation is 1. The number of nitrogens with one attached hydrogen (secondary N) is 1. The molecule has 7 nitrogen and oxygen atoms in total. The molecule has 1 aromatic heterocycles. The second kappa shape index (κ2) is 8.60. The summed E-state index contributed by atoms with van der Waals surface area (Å²) in [5, 5.41) is 10.7. The predicted octanol–water partition coefficient (Wildman–Crippen LogP) is 3.49. The van der Waals surface area contributed by atoms with E-state index in [9.17, 15) is 4.79 Å². The van der Waals surface area contributed by atoms with Crippen LogP contribution in [0.4, 0.5) is 5.82 Å². The molecule has 29 heavy (non-hydrogen) atoms. The van der Waals surface area contributed by atoms with Crippen LogP contribution in [-0.2, 0) is 9.57 Å². The number of benzene rings is 2. The Balaban J connectivity index is 1.73. The fraction of sp³-hybridized carbons (Fsp3) is 0.286. The van der Waals surface area contributed by atoms with Crippen molar-refractivity contribution >= 4 is 45.1 Å². The van der Waals surface area contributed by atoms with Crippen LogP contribution in [0.25, 0.3) is 21.9 Å². The van der Waals surface area contributed by atoms with Gasteiger partial charge in [0.05, 0.1) is 26.5 Å². The molecule has 4 rings (SSSR count). The Hall–Kier alpha value is -2.30. The molecule has 1 saturated heterocycles. The lowest BCUT2D eigenvalue weighted by Crippen LogP contribution is -2.40. The third-order valence-electron chi connectivity index (χ3n) is 4.97. The van der Waals surface area contributed by atoms with Gasteiger partial charge in [-0.05, 0) is 70.5 Å². The van der Waals surface area contributed by atoms with Gasteiger partial charge in [0.1, 0.15) is 4.11 Å². The number of halogens is 1. The Bertz CT molecular complexity index is 1060. The van der Waals surface area contributed by atoms with E-state index in [1.165, 1.54) is 7.11 Å². The van der Waals surface area contributed by atoms with E-state index in [0.717, 1.165) is 46.4 Å². The first-order valence-corrected chi connectivity index (χ1v) is 10.5. The molecular weight excluding hydrogens is 483 g/mol. The molecule has 150 valence electrons. The summed E-state index contributed by atoms with van der Waals surface area (Å²) in [5.74, 6) is 0.604. The number of nitrogens with zero attached hydrogens (tertiary/aromatic N) is 3. The SMILES string of the molecule is CONC(=O)c1ccc(C)c(-c2ccc3c(N4CCOC(I)C4)nncc3c2)c1. The lowest BCUT2D eigenvalue weighted by atomic mass is 9.96. The van der Waals surface area contributed by atoms with Crippen LogP contribution < -0.4 is 10.4 Å². The Morgan fingerprint density at radius 1 is 1.31 bits per heavy atom. The van der Waals surface area contributed by atoms with Crippen LogP contribution in [-0.4, -0.2) is 47.0 Å². The summed E-state index contributed by atoms with van der Waals surface area (Å²) in [4.78, 5) is 19.1. The number of anilines is 1. The number of hydroxylamine groups is 1. The Labute approximate surface area is 182 Å². The largest absolute Gasteiger partial charge is 0.364 e. The summed E-state index contributed by atoms with van der Waals surface area (Å²) in [7, 11) is 1.42. The zero-order valence-corrected chi connectivity index (χ0v) is 18.3. The molecule has 1 amide bonds. The molecule has 2 heterocycles. The Kier molecular flexibility index (Phi) is 5.93. The van der Waals surface area contributed by atoms with Crippen molar-refractivity contribution in [3.05, 3.63) is 53.7 Å². The van der Waals surface area contributed by atoms with Gasteiger partial charge in [-0.15, -0.1) is 5.10 Å². The van der Waals surface area contributed by atoms with Gasteiger partial charge in [-0.2, -0.15) is 5.10 Å². The quantitative estimate of drug-likeness (QED) is 0.333. The first-order valence-electron chi connectivity index (χ1n) is 9.27. The van der Waals surface area contributed by atoms with E-state index in [1.54, 1.807) is 12.3 Å². The number of ether oxygens (including phenoxy) is 1. The van der Waals surface area contributed by atoms with E-state index >= 15 is 0 Å². The molecule has 3 aromatic rings. The minimum Gasteiger partial charge on any atom is -0.364 e. The van der Waals surface area contributed by atoms with Gasteiger partial charge in [-0.1, -0.05) is 12.1 Å². The average molecular weight is 504 g/mol. The molecule has 0 spiro atoms. The highest BCUT2D eigenvalue weighted by atomic mass is 127. The van der Waals surface area contributed by atoms with E-state index in [4.69, 9.17) is 9.57 Å². The van der Waals surface area contributed by atoms with Crippen LogP contribution >= 0.6 is 22.6 Å². The van der Waals surface area contributed by atoms with Gasteiger partial charge in [-0.3, -0.25) is 9.63 Å². The van der Waals surface area contributed by atoms with Crippen LogP contribution in [0, 0.1) is 6.92 Å². The Morgan fingerprint density at radius 2 is 2.17 bits per heavy atom. The van der Waals surface area contributed by atoms with Gasteiger partial charge in [-0.25, -0.2) is 5.48 Å². The van der Waals surface area contributed by atoms with Gasteiger partial charge in [0.2, 0.25) is 0 Å². The second-order valence-electron chi connectivity index (χ2n) is 6.86. The predicted molar refractivity (Wildman–Crippen MR) is 120 cm³/mol. The van der Waals surface area contributed by atoms with Crippen molar-refractivity contribution in [1.82, 2.24) is 15.7 Å². The summed E-state index contributed by atoms with van der Waals surface area (Å²) < 4.78 is 5.77. The fourth-order valence-electron chi connectivity index (χ4n) is 3.50. The van der Waals surface area contributed by atoms with Crippen LogP contribution in [0.3, 0.4) is 0 Å². The highest BCUT2D eigenvalue weighted by Crippen LogP contribution is 2.31. The van der Waals surface area contributed by atoms with Crippen LogP contribution in [0.5, 0.6) is 0 Å². The molecule has 1 fully saturated rings.